The lowest BCUT2D eigenvalue weighted by atomic mass is 10.1. The average Bonchev–Trinajstić information content (AvgIpc) is 2.49. The van der Waals surface area contributed by atoms with Gasteiger partial charge in [0.2, 0.25) is 0 Å². The molecule has 1 N–H and O–H groups in total. The van der Waals surface area contributed by atoms with E-state index in [1.54, 1.807) is 0 Å². The third kappa shape index (κ3) is 8.53. The predicted octanol–water partition coefficient (Wildman–Crippen LogP) is 5.82. The smallest absolute Gasteiger partial charge is 0.0161 e. The monoisotopic (exact) mass is 307 g/mol. The van der Waals surface area contributed by atoms with Crippen LogP contribution in [0.25, 0.3) is 0 Å². The van der Waals surface area contributed by atoms with Crippen molar-refractivity contribution in [3.63, 3.8) is 0 Å². The predicted molar refractivity (Wildman–Crippen MR) is 97.4 cm³/mol. The van der Waals surface area contributed by atoms with Crippen molar-refractivity contribution >= 4 is 11.8 Å². The minimum absolute atomic E-state index is 0.658. The van der Waals surface area contributed by atoms with Crippen molar-refractivity contribution in [1.82, 2.24) is 5.32 Å². The van der Waals surface area contributed by atoms with E-state index in [0.29, 0.717) is 6.04 Å². The third-order valence-corrected chi connectivity index (χ3v) is 5.27. The van der Waals surface area contributed by atoms with Crippen LogP contribution in [-0.4, -0.2) is 18.3 Å². The zero-order valence-corrected chi connectivity index (χ0v) is 15.0. The van der Waals surface area contributed by atoms with Crippen molar-refractivity contribution in [3.8, 4) is 0 Å². The molecule has 0 aromatic heterocycles. The number of hydrogen-bond acceptors (Lipinski definition) is 2. The van der Waals surface area contributed by atoms with Crippen LogP contribution in [0.2, 0.25) is 0 Å². The molecule has 0 aliphatic carbocycles. The summed E-state index contributed by atoms with van der Waals surface area (Å²) in [6.45, 7) is 7.78. The second-order valence-corrected chi connectivity index (χ2v) is 6.95. The Kier molecular flexibility index (Phi) is 10.7. The molecule has 0 aliphatic rings. The summed E-state index contributed by atoms with van der Waals surface area (Å²) in [4.78, 5) is 1.43. The Balaban J connectivity index is 2.24. The molecular formula is C19H33NS. The lowest BCUT2D eigenvalue weighted by molar-refractivity contribution is 0.494. The standard InChI is InChI=1S/C19H33NS/c1-4-6-7-8-9-10-14-18(20-5-2)16-21-19-15-12-11-13-17(19)3/h11-13,15,18,20H,4-10,14,16H2,1-3H3. The third-order valence-electron chi connectivity index (χ3n) is 3.93. The fraction of sp³-hybridized carbons (Fsp3) is 0.684. The second kappa shape index (κ2) is 12.1. The summed E-state index contributed by atoms with van der Waals surface area (Å²) < 4.78 is 0. The maximum atomic E-state index is 3.65. The Morgan fingerprint density at radius 3 is 2.43 bits per heavy atom. The number of unbranched alkanes of at least 4 members (excludes halogenated alkanes) is 5. The van der Waals surface area contributed by atoms with E-state index >= 15 is 0 Å². The van der Waals surface area contributed by atoms with Crippen molar-refractivity contribution < 1.29 is 0 Å². The molecule has 2 heteroatoms. The second-order valence-electron chi connectivity index (χ2n) is 5.89. The van der Waals surface area contributed by atoms with Gasteiger partial charge < -0.3 is 5.32 Å². The fourth-order valence-electron chi connectivity index (χ4n) is 2.61. The van der Waals surface area contributed by atoms with Crippen molar-refractivity contribution in [3.05, 3.63) is 29.8 Å². The molecule has 0 aliphatic heterocycles. The van der Waals surface area contributed by atoms with Crippen LogP contribution >= 0.6 is 11.8 Å². The quantitative estimate of drug-likeness (QED) is 0.386. The van der Waals surface area contributed by atoms with Gasteiger partial charge in [0.15, 0.2) is 0 Å². The van der Waals surface area contributed by atoms with Crippen molar-refractivity contribution in [2.45, 2.75) is 76.7 Å². The van der Waals surface area contributed by atoms with Gasteiger partial charge in [-0.2, -0.15) is 0 Å². The fourth-order valence-corrected chi connectivity index (χ4v) is 3.75. The summed E-state index contributed by atoms with van der Waals surface area (Å²) in [5.74, 6) is 1.19. The molecular weight excluding hydrogens is 274 g/mol. The normalized spacial score (nSPS) is 12.5. The molecule has 0 spiro atoms. The number of rotatable bonds is 12. The molecule has 1 aromatic carbocycles. The largest absolute Gasteiger partial charge is 0.313 e. The number of benzene rings is 1. The SMILES string of the molecule is CCCCCCCCC(CSc1ccccc1C)NCC. The van der Waals surface area contributed by atoms with E-state index in [-0.39, 0.29) is 0 Å². The van der Waals surface area contributed by atoms with Gasteiger partial charge in [0, 0.05) is 16.7 Å². The first kappa shape index (κ1) is 18.6. The van der Waals surface area contributed by atoms with Gasteiger partial charge in [0.25, 0.3) is 0 Å². The van der Waals surface area contributed by atoms with E-state index in [2.05, 4.69) is 50.4 Å². The first-order chi connectivity index (χ1) is 10.3. The van der Waals surface area contributed by atoms with Gasteiger partial charge in [0.1, 0.15) is 0 Å². The molecule has 1 atom stereocenters. The summed E-state index contributed by atoms with van der Waals surface area (Å²) in [6, 6.07) is 9.38. The van der Waals surface area contributed by atoms with Crippen LogP contribution in [0.15, 0.2) is 29.2 Å². The molecule has 0 radical (unpaired) electrons. The average molecular weight is 308 g/mol. The van der Waals surface area contributed by atoms with E-state index in [9.17, 15) is 0 Å². The Morgan fingerprint density at radius 2 is 1.71 bits per heavy atom. The van der Waals surface area contributed by atoms with Crippen LogP contribution in [0.5, 0.6) is 0 Å². The molecule has 0 heterocycles. The van der Waals surface area contributed by atoms with E-state index in [1.165, 1.54) is 61.2 Å². The summed E-state index contributed by atoms with van der Waals surface area (Å²) >= 11 is 2.00. The molecule has 1 rings (SSSR count). The number of aryl methyl sites for hydroxylation is 1. The molecule has 0 bridgehead atoms. The van der Waals surface area contributed by atoms with Gasteiger partial charge in [-0.3, -0.25) is 0 Å². The van der Waals surface area contributed by atoms with Crippen LogP contribution < -0.4 is 5.32 Å². The maximum absolute atomic E-state index is 3.65. The van der Waals surface area contributed by atoms with Crippen LogP contribution in [0.4, 0.5) is 0 Å². The number of thioether (sulfide) groups is 1. The Bertz CT molecular complexity index is 364. The lowest BCUT2D eigenvalue weighted by Gasteiger charge is -2.18. The van der Waals surface area contributed by atoms with Crippen LogP contribution in [0.1, 0.15) is 64.4 Å². The minimum Gasteiger partial charge on any atom is -0.313 e. The van der Waals surface area contributed by atoms with E-state index in [1.807, 2.05) is 11.8 Å². The summed E-state index contributed by atoms with van der Waals surface area (Å²) in [6.07, 6.45) is 9.66. The molecule has 1 nitrogen and oxygen atoms in total. The molecule has 120 valence electrons. The van der Waals surface area contributed by atoms with Crippen LogP contribution in [0.3, 0.4) is 0 Å². The first-order valence-corrected chi connectivity index (χ1v) is 9.68. The van der Waals surface area contributed by atoms with Gasteiger partial charge in [-0.15, -0.1) is 11.8 Å². The van der Waals surface area contributed by atoms with E-state index in [0.717, 1.165) is 6.54 Å². The molecule has 0 amide bonds. The van der Waals surface area contributed by atoms with Crippen molar-refractivity contribution in [2.24, 2.45) is 0 Å². The summed E-state index contributed by atoms with van der Waals surface area (Å²) in [7, 11) is 0. The Hall–Kier alpha value is -0.470. The summed E-state index contributed by atoms with van der Waals surface area (Å²) in [5.41, 5.74) is 1.40. The summed E-state index contributed by atoms with van der Waals surface area (Å²) in [5, 5.41) is 3.65. The van der Waals surface area contributed by atoms with E-state index < -0.39 is 0 Å². The highest BCUT2D eigenvalue weighted by molar-refractivity contribution is 7.99. The molecule has 1 aromatic rings. The van der Waals surface area contributed by atoms with Gasteiger partial charge in [-0.25, -0.2) is 0 Å². The minimum atomic E-state index is 0.658. The molecule has 1 unspecified atom stereocenters. The first-order valence-electron chi connectivity index (χ1n) is 8.69. The maximum Gasteiger partial charge on any atom is 0.0161 e. The van der Waals surface area contributed by atoms with Crippen molar-refractivity contribution in [1.29, 1.82) is 0 Å². The Morgan fingerprint density at radius 1 is 1.00 bits per heavy atom. The highest BCUT2D eigenvalue weighted by Gasteiger charge is 2.08. The van der Waals surface area contributed by atoms with E-state index in [4.69, 9.17) is 0 Å². The van der Waals surface area contributed by atoms with Crippen LogP contribution in [0, 0.1) is 6.92 Å². The van der Waals surface area contributed by atoms with Gasteiger partial charge >= 0.3 is 0 Å². The van der Waals surface area contributed by atoms with Gasteiger partial charge in [0.05, 0.1) is 0 Å². The molecule has 0 saturated carbocycles. The Labute approximate surface area is 136 Å². The number of hydrogen-bond donors (Lipinski definition) is 1. The molecule has 0 fully saturated rings. The highest BCUT2D eigenvalue weighted by atomic mass is 32.2. The van der Waals surface area contributed by atoms with Crippen LogP contribution in [-0.2, 0) is 0 Å². The van der Waals surface area contributed by atoms with Gasteiger partial charge in [-0.1, -0.05) is 70.6 Å². The molecule has 0 saturated heterocycles. The van der Waals surface area contributed by atoms with Gasteiger partial charge in [-0.05, 0) is 31.5 Å². The lowest BCUT2D eigenvalue weighted by Crippen LogP contribution is -2.31. The molecule has 21 heavy (non-hydrogen) atoms. The zero-order chi connectivity index (χ0) is 15.3. The zero-order valence-electron chi connectivity index (χ0n) is 14.2. The van der Waals surface area contributed by atoms with Crippen molar-refractivity contribution in [2.75, 3.05) is 12.3 Å². The number of nitrogens with one attached hydrogen (secondary N) is 1. The topological polar surface area (TPSA) is 12.0 Å². The highest BCUT2D eigenvalue weighted by Crippen LogP contribution is 2.23.